The highest BCUT2D eigenvalue weighted by molar-refractivity contribution is 7.25. The molecule has 0 spiro atoms. The van der Waals surface area contributed by atoms with Gasteiger partial charge in [0.15, 0.2) is 17.5 Å². The van der Waals surface area contributed by atoms with Crippen LogP contribution in [0.2, 0.25) is 0 Å². The van der Waals surface area contributed by atoms with Crippen molar-refractivity contribution in [2.45, 2.75) is 0 Å². The normalized spacial score (nSPS) is 12.0. The summed E-state index contributed by atoms with van der Waals surface area (Å²) in [7, 11) is 0. The van der Waals surface area contributed by atoms with Gasteiger partial charge < -0.3 is 8.98 Å². The van der Waals surface area contributed by atoms with E-state index >= 15 is 0 Å². The van der Waals surface area contributed by atoms with E-state index in [9.17, 15) is 0 Å². The molecule has 0 aliphatic rings. The molecule has 4 heterocycles. The monoisotopic (exact) mass is 846 g/mol. The first-order valence-corrected chi connectivity index (χ1v) is 22.6. The zero-order chi connectivity index (χ0) is 42.6. The Labute approximate surface area is 376 Å². The Bertz CT molecular complexity index is 4260. The quantitative estimate of drug-likeness (QED) is 0.173. The first-order chi connectivity index (χ1) is 32.2. The number of hydrogen-bond acceptors (Lipinski definition) is 5. The molecule has 65 heavy (non-hydrogen) atoms. The SMILES string of the molecule is c1ccc(-c2nc(-c3ccc(-n4c5ccccc5c5cc6ccccc6cc54)c(-c4cccc5oc6cc7ccccc7cc6c45)c3)nc(-c3ccc4sc5ccccc5c4c3)n2)cc1. The van der Waals surface area contributed by atoms with Crippen molar-refractivity contribution in [2.24, 2.45) is 0 Å². The molecule has 0 atom stereocenters. The summed E-state index contributed by atoms with van der Waals surface area (Å²) >= 11 is 1.81. The van der Waals surface area contributed by atoms with Crippen LogP contribution in [0.4, 0.5) is 0 Å². The number of benzene rings is 10. The van der Waals surface area contributed by atoms with Crippen molar-refractivity contribution in [3.05, 3.63) is 206 Å². The lowest BCUT2D eigenvalue weighted by Gasteiger charge is -2.17. The van der Waals surface area contributed by atoms with E-state index in [0.29, 0.717) is 17.5 Å². The topological polar surface area (TPSA) is 56.7 Å². The number of para-hydroxylation sites is 1. The Hall–Kier alpha value is -8.45. The van der Waals surface area contributed by atoms with Crippen LogP contribution in [0, 0.1) is 0 Å². The van der Waals surface area contributed by atoms with Crippen LogP contribution in [-0.2, 0) is 0 Å². The Kier molecular flexibility index (Phi) is 7.79. The van der Waals surface area contributed by atoms with E-state index in [-0.39, 0.29) is 0 Å². The molecule has 0 bridgehead atoms. The van der Waals surface area contributed by atoms with Gasteiger partial charge in [-0.25, -0.2) is 15.0 Å². The van der Waals surface area contributed by atoms with Crippen molar-refractivity contribution in [1.82, 2.24) is 19.5 Å². The Morgan fingerprint density at radius 1 is 0.354 bits per heavy atom. The number of nitrogens with zero attached hydrogens (tertiary/aromatic N) is 4. The molecule has 0 saturated carbocycles. The summed E-state index contributed by atoms with van der Waals surface area (Å²) in [5.74, 6) is 1.84. The zero-order valence-electron chi connectivity index (χ0n) is 34.7. The minimum absolute atomic E-state index is 0.598. The molecule has 14 rings (SSSR count). The van der Waals surface area contributed by atoms with Gasteiger partial charge >= 0.3 is 0 Å². The number of fused-ring (bicyclic) bond motifs is 11. The number of aromatic nitrogens is 4. The highest BCUT2D eigenvalue weighted by Gasteiger charge is 2.22. The summed E-state index contributed by atoms with van der Waals surface area (Å²) in [4.78, 5) is 15.7. The maximum absolute atomic E-state index is 6.70. The number of hydrogen-bond donors (Lipinski definition) is 0. The fourth-order valence-corrected chi connectivity index (χ4v) is 11.0. The third kappa shape index (κ3) is 5.67. The zero-order valence-corrected chi connectivity index (χ0v) is 35.6. The highest BCUT2D eigenvalue weighted by Crippen LogP contribution is 2.44. The Balaban J connectivity index is 1.06. The molecule has 0 aliphatic carbocycles. The van der Waals surface area contributed by atoms with Crippen molar-refractivity contribution in [3.63, 3.8) is 0 Å². The van der Waals surface area contributed by atoms with Crippen LogP contribution < -0.4 is 0 Å². The van der Waals surface area contributed by atoms with E-state index in [1.54, 1.807) is 0 Å². The van der Waals surface area contributed by atoms with Crippen molar-refractivity contribution >= 4 is 96.8 Å². The number of furan rings is 1. The van der Waals surface area contributed by atoms with Crippen molar-refractivity contribution in [2.75, 3.05) is 0 Å². The van der Waals surface area contributed by atoms with E-state index in [1.807, 2.05) is 29.5 Å². The van der Waals surface area contributed by atoms with Gasteiger partial charge in [0.05, 0.1) is 16.7 Å². The van der Waals surface area contributed by atoms with E-state index in [0.717, 1.165) is 71.9 Å². The number of rotatable bonds is 5. The first kappa shape index (κ1) is 36.1. The predicted molar refractivity (Wildman–Crippen MR) is 271 cm³/mol. The first-order valence-electron chi connectivity index (χ1n) is 21.8. The maximum atomic E-state index is 6.70. The summed E-state index contributed by atoms with van der Waals surface area (Å²) < 4.78 is 11.6. The van der Waals surface area contributed by atoms with Crippen molar-refractivity contribution < 1.29 is 4.42 Å². The van der Waals surface area contributed by atoms with E-state index in [2.05, 4.69) is 193 Å². The largest absolute Gasteiger partial charge is 0.456 e. The summed E-state index contributed by atoms with van der Waals surface area (Å²) in [5, 5.41) is 11.7. The summed E-state index contributed by atoms with van der Waals surface area (Å²) in [5.41, 5.74) is 9.86. The van der Waals surface area contributed by atoms with Gasteiger partial charge in [0.2, 0.25) is 0 Å². The van der Waals surface area contributed by atoms with Gasteiger partial charge in [0.1, 0.15) is 11.2 Å². The Morgan fingerprint density at radius 2 is 0.969 bits per heavy atom. The van der Waals surface area contributed by atoms with Gasteiger partial charge in [-0.05, 0) is 106 Å². The molecule has 302 valence electrons. The second kappa shape index (κ2) is 14.0. The molecule has 0 unspecified atom stereocenters. The number of thiophene rings is 1. The van der Waals surface area contributed by atoms with Crippen LogP contribution in [-0.4, -0.2) is 19.5 Å². The lowest BCUT2D eigenvalue weighted by molar-refractivity contribution is 0.669. The second-order valence-corrected chi connectivity index (χ2v) is 17.8. The fourth-order valence-electron chi connectivity index (χ4n) is 9.95. The maximum Gasteiger partial charge on any atom is 0.164 e. The molecule has 0 N–H and O–H groups in total. The lowest BCUT2D eigenvalue weighted by atomic mass is 9.95. The molecule has 4 aromatic heterocycles. The third-order valence-corrected chi connectivity index (χ3v) is 14.1. The van der Waals surface area contributed by atoms with Gasteiger partial charge in [-0.2, -0.15) is 0 Å². The van der Waals surface area contributed by atoms with Crippen LogP contribution in [0.3, 0.4) is 0 Å². The van der Waals surface area contributed by atoms with Gasteiger partial charge in [-0.15, -0.1) is 11.3 Å². The van der Waals surface area contributed by atoms with Crippen LogP contribution >= 0.6 is 11.3 Å². The van der Waals surface area contributed by atoms with Gasteiger partial charge in [0.25, 0.3) is 0 Å². The molecule has 0 radical (unpaired) electrons. The smallest absolute Gasteiger partial charge is 0.164 e. The third-order valence-electron chi connectivity index (χ3n) is 13.0. The van der Waals surface area contributed by atoms with Crippen LogP contribution in [0.1, 0.15) is 0 Å². The van der Waals surface area contributed by atoms with E-state index in [1.165, 1.54) is 47.1 Å². The predicted octanol–water partition coefficient (Wildman–Crippen LogP) is 16.2. The van der Waals surface area contributed by atoms with E-state index < -0.39 is 0 Å². The van der Waals surface area contributed by atoms with Gasteiger partial charge in [-0.1, -0.05) is 127 Å². The van der Waals surface area contributed by atoms with Crippen molar-refractivity contribution in [1.29, 1.82) is 0 Å². The Morgan fingerprint density at radius 3 is 1.77 bits per heavy atom. The molecule has 0 aliphatic heterocycles. The summed E-state index contributed by atoms with van der Waals surface area (Å²) in [6.07, 6.45) is 0. The highest BCUT2D eigenvalue weighted by atomic mass is 32.1. The molecule has 10 aromatic carbocycles. The molecule has 5 nitrogen and oxygen atoms in total. The molecule has 0 saturated heterocycles. The second-order valence-electron chi connectivity index (χ2n) is 16.8. The van der Waals surface area contributed by atoms with Crippen LogP contribution in [0.25, 0.3) is 136 Å². The van der Waals surface area contributed by atoms with Crippen LogP contribution in [0.5, 0.6) is 0 Å². The average molecular weight is 847 g/mol. The van der Waals surface area contributed by atoms with Gasteiger partial charge in [0, 0.05) is 64.0 Å². The van der Waals surface area contributed by atoms with Crippen LogP contribution in [0.15, 0.2) is 211 Å². The molecule has 0 amide bonds. The minimum Gasteiger partial charge on any atom is -0.456 e. The summed E-state index contributed by atoms with van der Waals surface area (Å²) in [6.45, 7) is 0. The van der Waals surface area contributed by atoms with Crippen molar-refractivity contribution in [3.8, 4) is 51.0 Å². The fraction of sp³-hybridized carbons (Fsp3) is 0. The molecule has 0 fully saturated rings. The standard InChI is InChI=1S/C59H34N4OS/c1-2-13-35(14-3-1)57-60-58(62-59(61-57)41-26-28-55-47(32-41)43-20-9-11-24-54(43)65-55)40-25-27-50(63-49-22-10-8-19-42(49)45-29-36-15-4-6-17-38(36)33-51(45)63)46(31-40)44-21-12-23-52-56(44)48-30-37-16-5-7-18-39(37)34-53(48)64-52/h1-34H. The molecular weight excluding hydrogens is 813 g/mol. The minimum atomic E-state index is 0.598. The molecule has 6 heteroatoms. The summed E-state index contributed by atoms with van der Waals surface area (Å²) in [6, 6.07) is 73.4. The molecule has 14 aromatic rings. The average Bonchev–Trinajstić information content (AvgIpc) is 4.03. The lowest BCUT2D eigenvalue weighted by Crippen LogP contribution is -2.02. The molecular formula is C59H34N4OS. The van der Waals surface area contributed by atoms with Gasteiger partial charge in [-0.3, -0.25) is 0 Å². The van der Waals surface area contributed by atoms with E-state index in [4.69, 9.17) is 19.4 Å².